The van der Waals surface area contributed by atoms with Crippen LogP contribution < -0.4 is 4.90 Å². The maximum atomic E-state index is 13.0. The molecule has 1 amide bonds. The molecule has 1 aliphatic heterocycles. The van der Waals surface area contributed by atoms with Gasteiger partial charge in [-0.3, -0.25) is 4.79 Å². The number of hydrogen-bond acceptors (Lipinski definition) is 5. The molecule has 1 aromatic carbocycles. The lowest BCUT2D eigenvalue weighted by molar-refractivity contribution is 0.0746. The van der Waals surface area contributed by atoms with E-state index >= 15 is 0 Å². The van der Waals surface area contributed by atoms with Crippen molar-refractivity contribution in [3.63, 3.8) is 0 Å². The van der Waals surface area contributed by atoms with Gasteiger partial charge in [0.15, 0.2) is 0 Å². The predicted molar refractivity (Wildman–Crippen MR) is 137 cm³/mol. The standard InChI is InChI=1S/C26H31ClN4OS/c1-3-17(2)23-28-24(22-20-7-5-4-6-8-21(20)33-25(22)29-23)30-13-15-31(16-14-30)26(32)18-9-11-19(27)12-10-18/h9-12,17H,3-8,13-16H2,1-2H3/t17-/m1/s1. The Morgan fingerprint density at radius 2 is 1.79 bits per heavy atom. The fourth-order valence-electron chi connectivity index (χ4n) is 4.86. The summed E-state index contributed by atoms with van der Waals surface area (Å²) in [6.07, 6.45) is 7.14. The summed E-state index contributed by atoms with van der Waals surface area (Å²) in [5, 5.41) is 1.93. The zero-order valence-electron chi connectivity index (χ0n) is 19.4. The van der Waals surface area contributed by atoms with Crippen molar-refractivity contribution in [3.05, 3.63) is 51.1 Å². The number of carbonyl (C=O) groups is 1. The monoisotopic (exact) mass is 482 g/mol. The molecule has 5 rings (SSSR count). The maximum absolute atomic E-state index is 13.0. The normalized spacial score (nSPS) is 17.7. The molecule has 1 fully saturated rings. The highest BCUT2D eigenvalue weighted by Gasteiger charge is 2.28. The third-order valence-electron chi connectivity index (χ3n) is 7.07. The highest BCUT2D eigenvalue weighted by molar-refractivity contribution is 7.19. The second kappa shape index (κ2) is 9.59. The Labute approximate surface area is 204 Å². The molecule has 5 nitrogen and oxygen atoms in total. The number of aryl methyl sites for hydroxylation is 2. The summed E-state index contributed by atoms with van der Waals surface area (Å²) >= 11 is 7.87. The van der Waals surface area contributed by atoms with Gasteiger partial charge in [-0.25, -0.2) is 9.97 Å². The number of fused-ring (bicyclic) bond motifs is 3. The second-order valence-corrected chi connectivity index (χ2v) is 10.8. The molecular formula is C26H31ClN4OS. The lowest BCUT2D eigenvalue weighted by Crippen LogP contribution is -2.49. The quantitative estimate of drug-likeness (QED) is 0.422. The van der Waals surface area contributed by atoms with E-state index in [1.807, 2.05) is 28.4 Å². The molecule has 0 bridgehead atoms. The van der Waals surface area contributed by atoms with Gasteiger partial charge in [-0.05, 0) is 61.9 Å². The van der Waals surface area contributed by atoms with E-state index in [-0.39, 0.29) is 5.91 Å². The molecule has 174 valence electrons. The predicted octanol–water partition coefficient (Wildman–Crippen LogP) is 6.09. The number of nitrogens with zero attached hydrogens (tertiary/aromatic N) is 4. The van der Waals surface area contributed by atoms with Gasteiger partial charge < -0.3 is 9.80 Å². The molecule has 3 aromatic rings. The van der Waals surface area contributed by atoms with E-state index in [9.17, 15) is 4.79 Å². The number of anilines is 1. The zero-order valence-corrected chi connectivity index (χ0v) is 21.0. The van der Waals surface area contributed by atoms with Gasteiger partial charge in [-0.2, -0.15) is 0 Å². The first-order chi connectivity index (χ1) is 16.0. The highest BCUT2D eigenvalue weighted by Crippen LogP contribution is 2.40. The molecule has 2 aliphatic rings. The largest absolute Gasteiger partial charge is 0.352 e. The van der Waals surface area contributed by atoms with Gasteiger partial charge in [0.1, 0.15) is 16.5 Å². The molecule has 3 heterocycles. The SMILES string of the molecule is CC[C@@H](C)c1nc(N2CCN(C(=O)c3ccc(Cl)cc3)CC2)c2c3c(sc2n1)CCCCC3. The maximum Gasteiger partial charge on any atom is 0.253 e. The Kier molecular flexibility index (Phi) is 6.57. The average Bonchev–Trinajstić information content (AvgIpc) is 3.03. The van der Waals surface area contributed by atoms with Crippen LogP contribution in [0.5, 0.6) is 0 Å². The number of thiophene rings is 1. The van der Waals surface area contributed by atoms with E-state index in [1.54, 1.807) is 12.1 Å². The smallest absolute Gasteiger partial charge is 0.253 e. The van der Waals surface area contributed by atoms with Crippen molar-refractivity contribution in [3.8, 4) is 0 Å². The first-order valence-electron chi connectivity index (χ1n) is 12.2. The Balaban J connectivity index is 1.44. The molecule has 1 atom stereocenters. The van der Waals surface area contributed by atoms with Crippen LogP contribution in [0.25, 0.3) is 10.2 Å². The van der Waals surface area contributed by atoms with Crippen LogP contribution in [-0.4, -0.2) is 47.0 Å². The van der Waals surface area contributed by atoms with Crippen molar-refractivity contribution < 1.29 is 4.79 Å². The van der Waals surface area contributed by atoms with E-state index in [1.165, 1.54) is 35.1 Å². The van der Waals surface area contributed by atoms with Crippen molar-refractivity contribution in [2.24, 2.45) is 0 Å². The number of benzene rings is 1. The fraction of sp³-hybridized carbons (Fsp3) is 0.500. The van der Waals surface area contributed by atoms with Crippen LogP contribution in [0.2, 0.25) is 5.02 Å². The lowest BCUT2D eigenvalue weighted by atomic mass is 10.1. The minimum Gasteiger partial charge on any atom is -0.352 e. The molecule has 0 saturated carbocycles. The number of amides is 1. The Hall–Kier alpha value is -2.18. The lowest BCUT2D eigenvalue weighted by Gasteiger charge is -2.36. The third kappa shape index (κ3) is 4.47. The van der Waals surface area contributed by atoms with Crippen LogP contribution in [0.3, 0.4) is 0 Å². The number of aromatic nitrogens is 2. The van der Waals surface area contributed by atoms with Crippen LogP contribution in [0.1, 0.15) is 72.1 Å². The molecule has 0 spiro atoms. The fourth-order valence-corrected chi connectivity index (χ4v) is 6.25. The van der Waals surface area contributed by atoms with Gasteiger partial charge >= 0.3 is 0 Å². The van der Waals surface area contributed by atoms with Gasteiger partial charge in [-0.1, -0.05) is 31.9 Å². The van der Waals surface area contributed by atoms with Crippen molar-refractivity contribution in [1.29, 1.82) is 0 Å². The van der Waals surface area contributed by atoms with Crippen LogP contribution in [0, 0.1) is 0 Å². The van der Waals surface area contributed by atoms with Crippen LogP contribution in [0.4, 0.5) is 5.82 Å². The second-order valence-electron chi connectivity index (χ2n) is 9.25. The molecule has 0 radical (unpaired) electrons. The third-order valence-corrected chi connectivity index (χ3v) is 8.51. The number of rotatable bonds is 4. The number of halogens is 1. The Morgan fingerprint density at radius 3 is 2.52 bits per heavy atom. The van der Waals surface area contributed by atoms with Gasteiger partial charge in [0, 0.05) is 47.6 Å². The Morgan fingerprint density at radius 1 is 1.06 bits per heavy atom. The van der Waals surface area contributed by atoms with E-state index in [0.29, 0.717) is 29.6 Å². The summed E-state index contributed by atoms with van der Waals surface area (Å²) in [5.41, 5.74) is 2.18. The van der Waals surface area contributed by atoms with Gasteiger partial charge in [0.2, 0.25) is 0 Å². The molecule has 7 heteroatoms. The first-order valence-corrected chi connectivity index (χ1v) is 13.4. The van der Waals surface area contributed by atoms with Crippen molar-refractivity contribution in [2.75, 3.05) is 31.1 Å². The van der Waals surface area contributed by atoms with Gasteiger partial charge in [-0.15, -0.1) is 11.3 Å². The summed E-state index contributed by atoms with van der Waals surface area (Å²) < 4.78 is 0. The number of carbonyl (C=O) groups excluding carboxylic acids is 1. The van der Waals surface area contributed by atoms with Gasteiger partial charge in [0.25, 0.3) is 5.91 Å². The van der Waals surface area contributed by atoms with Crippen molar-refractivity contribution in [1.82, 2.24) is 14.9 Å². The van der Waals surface area contributed by atoms with E-state index in [0.717, 1.165) is 48.8 Å². The molecule has 0 N–H and O–H groups in total. The molecule has 2 aromatic heterocycles. The van der Waals surface area contributed by atoms with E-state index < -0.39 is 0 Å². The van der Waals surface area contributed by atoms with Gasteiger partial charge in [0.05, 0.1) is 5.39 Å². The summed E-state index contributed by atoms with van der Waals surface area (Å²) in [5.74, 6) is 2.45. The molecular weight excluding hydrogens is 452 g/mol. The summed E-state index contributed by atoms with van der Waals surface area (Å²) in [4.78, 5) is 30.2. The number of piperazine rings is 1. The van der Waals surface area contributed by atoms with Crippen molar-refractivity contribution in [2.45, 2.75) is 58.3 Å². The van der Waals surface area contributed by atoms with Crippen LogP contribution >= 0.6 is 22.9 Å². The minimum absolute atomic E-state index is 0.0730. The summed E-state index contributed by atoms with van der Waals surface area (Å²) in [6.45, 7) is 7.37. The molecule has 1 saturated heterocycles. The van der Waals surface area contributed by atoms with Crippen LogP contribution in [-0.2, 0) is 12.8 Å². The molecule has 0 unspecified atom stereocenters. The van der Waals surface area contributed by atoms with E-state index in [2.05, 4.69) is 18.7 Å². The average molecular weight is 483 g/mol. The first kappa shape index (κ1) is 22.6. The van der Waals surface area contributed by atoms with E-state index in [4.69, 9.17) is 21.6 Å². The molecule has 1 aliphatic carbocycles. The minimum atomic E-state index is 0.0730. The summed E-state index contributed by atoms with van der Waals surface area (Å²) in [6, 6.07) is 7.18. The number of hydrogen-bond donors (Lipinski definition) is 0. The molecule has 33 heavy (non-hydrogen) atoms. The highest BCUT2D eigenvalue weighted by atomic mass is 35.5. The topological polar surface area (TPSA) is 49.3 Å². The zero-order chi connectivity index (χ0) is 22.9. The van der Waals surface area contributed by atoms with Crippen LogP contribution in [0.15, 0.2) is 24.3 Å². The Bertz CT molecular complexity index is 1150. The summed E-state index contributed by atoms with van der Waals surface area (Å²) in [7, 11) is 0. The van der Waals surface area contributed by atoms with Crippen molar-refractivity contribution >= 4 is 44.9 Å².